The number of benzene rings is 3. The van der Waals surface area contributed by atoms with Crippen molar-refractivity contribution in [1.82, 2.24) is 15.3 Å². The fourth-order valence-corrected chi connectivity index (χ4v) is 5.70. The van der Waals surface area contributed by atoms with Crippen LogP contribution < -0.4 is 15.0 Å². The van der Waals surface area contributed by atoms with Crippen LogP contribution in [-0.2, 0) is 36.0 Å². The van der Waals surface area contributed by atoms with Gasteiger partial charge in [-0.1, -0.05) is 48.5 Å². The Morgan fingerprint density at radius 3 is 2.28 bits per heavy atom. The first-order valence-electron chi connectivity index (χ1n) is 15.3. The van der Waals surface area contributed by atoms with E-state index in [1.807, 2.05) is 0 Å². The molecule has 4 aromatic rings. The summed E-state index contributed by atoms with van der Waals surface area (Å²) in [5, 5.41) is 12.6. The molecular weight excluding hydrogens is 663 g/mol. The average Bonchev–Trinajstić information content (AvgIpc) is 3.19. The highest BCUT2D eigenvalue weighted by molar-refractivity contribution is 5.97. The molecule has 16 heteroatoms. The second-order valence-electron chi connectivity index (χ2n) is 11.1. The van der Waals surface area contributed by atoms with Crippen molar-refractivity contribution >= 4 is 17.6 Å². The van der Waals surface area contributed by atoms with Crippen molar-refractivity contribution in [2.24, 2.45) is 0 Å². The van der Waals surface area contributed by atoms with E-state index in [1.165, 1.54) is 0 Å². The van der Waals surface area contributed by atoms with Gasteiger partial charge in [0.2, 0.25) is 12.0 Å². The van der Waals surface area contributed by atoms with Crippen LogP contribution in [0.2, 0.25) is 0 Å². The van der Waals surface area contributed by atoms with Crippen LogP contribution in [0.4, 0.5) is 18.9 Å². The van der Waals surface area contributed by atoms with Crippen LogP contribution in [0.25, 0.3) is 0 Å². The van der Waals surface area contributed by atoms with Crippen LogP contribution >= 0.6 is 0 Å². The lowest BCUT2D eigenvalue weighted by atomic mass is 9.77. The lowest BCUT2D eigenvalue weighted by molar-refractivity contribution is -0.758. The zero-order valence-corrected chi connectivity index (χ0v) is 26.9. The molecule has 5 rings (SSSR count). The summed E-state index contributed by atoms with van der Waals surface area (Å²) < 4.78 is 60.8. The van der Waals surface area contributed by atoms with Gasteiger partial charge < -0.3 is 23.9 Å². The third kappa shape index (κ3) is 7.98. The van der Waals surface area contributed by atoms with Crippen LogP contribution in [0, 0.1) is 41.4 Å². The number of carbonyl (C=O) groups excluding carboxylic acids is 2. The van der Waals surface area contributed by atoms with Gasteiger partial charge in [-0.2, -0.15) is 0 Å². The number of rotatable bonds is 14. The Bertz CT molecular complexity index is 1820. The van der Waals surface area contributed by atoms with Crippen molar-refractivity contribution in [2.75, 3.05) is 37.9 Å². The molecule has 2 heterocycles. The van der Waals surface area contributed by atoms with Gasteiger partial charge in [0.25, 0.3) is 5.09 Å². The minimum absolute atomic E-state index is 0.148. The number of anilines is 1. The van der Waals surface area contributed by atoms with Crippen molar-refractivity contribution in [3.8, 4) is 6.01 Å². The van der Waals surface area contributed by atoms with E-state index in [1.54, 1.807) is 74.5 Å². The fraction of sp³-hybridized carbons (Fsp3) is 0.294. The van der Waals surface area contributed by atoms with Crippen LogP contribution in [0.5, 0.6) is 6.01 Å². The predicted octanol–water partition coefficient (Wildman–Crippen LogP) is 4.11. The Morgan fingerprint density at radius 2 is 1.60 bits per heavy atom. The zero-order chi connectivity index (χ0) is 35.8. The molecular formula is C34H32F3N5O8. The summed E-state index contributed by atoms with van der Waals surface area (Å²) in [7, 11) is 0. The van der Waals surface area contributed by atoms with Crippen LogP contribution in [0.3, 0.4) is 0 Å². The molecule has 1 aromatic heterocycles. The minimum atomic E-state index is -1.72. The Kier molecular flexibility index (Phi) is 11.2. The lowest BCUT2D eigenvalue weighted by Crippen LogP contribution is -2.59. The molecule has 2 atom stereocenters. The highest BCUT2D eigenvalue weighted by atomic mass is 19.1. The van der Waals surface area contributed by atoms with Gasteiger partial charge in [0, 0.05) is 40.3 Å². The fourth-order valence-electron chi connectivity index (χ4n) is 5.70. The normalized spacial score (nSPS) is 16.3. The van der Waals surface area contributed by atoms with Gasteiger partial charge in [0.15, 0.2) is 0 Å². The topological polar surface area (TPSA) is 155 Å². The van der Waals surface area contributed by atoms with E-state index in [2.05, 4.69) is 20.1 Å². The highest BCUT2D eigenvalue weighted by Crippen LogP contribution is 2.43. The van der Waals surface area contributed by atoms with Crippen molar-refractivity contribution in [2.45, 2.75) is 32.0 Å². The first-order chi connectivity index (χ1) is 24.0. The van der Waals surface area contributed by atoms with Crippen molar-refractivity contribution in [3.63, 3.8) is 0 Å². The van der Waals surface area contributed by atoms with Gasteiger partial charge in [-0.05, 0) is 31.5 Å². The van der Waals surface area contributed by atoms with Gasteiger partial charge in [0.05, 0.1) is 26.3 Å². The smallest absolute Gasteiger partial charge is 0.350 e. The number of ether oxygens (including phenoxy) is 3. The van der Waals surface area contributed by atoms with Gasteiger partial charge in [0.1, 0.15) is 36.2 Å². The first kappa shape index (κ1) is 35.7. The van der Waals surface area contributed by atoms with E-state index < -0.39 is 64.7 Å². The third-order valence-electron chi connectivity index (χ3n) is 7.78. The number of halogens is 3. The molecule has 0 aliphatic carbocycles. The van der Waals surface area contributed by atoms with Gasteiger partial charge in [-0.25, -0.2) is 27.9 Å². The molecule has 3 aromatic carbocycles. The number of esters is 1. The molecule has 0 spiro atoms. The molecule has 1 aliphatic rings. The minimum Gasteiger partial charge on any atom is -0.460 e. The summed E-state index contributed by atoms with van der Waals surface area (Å²) in [6.07, 6.45) is -1.64. The third-order valence-corrected chi connectivity index (χ3v) is 7.78. The summed E-state index contributed by atoms with van der Waals surface area (Å²) in [5.74, 6) is -5.02. The van der Waals surface area contributed by atoms with Crippen molar-refractivity contribution in [3.05, 3.63) is 128 Å². The maximum Gasteiger partial charge on any atom is 0.350 e. The number of aryl methyl sites for hydroxylation is 2. The number of fused-ring (bicyclic) bond motifs is 1. The second-order valence-corrected chi connectivity index (χ2v) is 11.1. The Balaban J connectivity index is 1.61. The van der Waals surface area contributed by atoms with Crippen molar-refractivity contribution in [1.29, 1.82) is 0 Å². The lowest BCUT2D eigenvalue weighted by Gasteiger charge is -2.40. The number of nitrogens with one attached hydrogen (secondary N) is 1. The Hall–Kier alpha value is -5.61. The summed E-state index contributed by atoms with van der Waals surface area (Å²) in [5.41, 5.74) is -0.274. The van der Waals surface area contributed by atoms with E-state index in [-0.39, 0.29) is 38.1 Å². The molecule has 1 amide bonds. The molecule has 0 unspecified atom stereocenters. The first-order valence-corrected chi connectivity index (χ1v) is 15.3. The summed E-state index contributed by atoms with van der Waals surface area (Å²) >= 11 is 0. The molecule has 0 fully saturated rings. The number of para-hydroxylation sites is 1. The summed E-state index contributed by atoms with van der Waals surface area (Å²) in [4.78, 5) is 52.5. The molecule has 1 N–H and O–H groups in total. The van der Waals surface area contributed by atoms with E-state index in [0.29, 0.717) is 34.6 Å². The van der Waals surface area contributed by atoms with E-state index in [0.717, 1.165) is 4.90 Å². The van der Waals surface area contributed by atoms with Crippen LogP contribution in [0.1, 0.15) is 28.1 Å². The van der Waals surface area contributed by atoms with Crippen molar-refractivity contribution < 1.29 is 46.9 Å². The van der Waals surface area contributed by atoms with E-state index in [4.69, 9.17) is 14.2 Å². The standard InChI is InChI=1S/C34H32F3N5O8/c1-21-16-22(2)40-33(39-21)50-31(32(44)48-14-12-47-13-15-49-42(45)46)34(23-8-4-3-5-9-23)26-10-6-7-11-29(26)41(30(43)19-38-34)20-25-27(36)17-24(35)18-28(25)37/h3-11,16-18,31,38H,12-15,19-20H2,1-2H3/t31-,34+/m1/s1. The number of amides is 1. The second kappa shape index (κ2) is 15.7. The van der Waals surface area contributed by atoms with Crippen LogP contribution in [0.15, 0.2) is 72.8 Å². The number of hydrogen-bond donors (Lipinski definition) is 1. The SMILES string of the molecule is Cc1cc(C)nc(O[C@H](C(=O)OCCOCCO[N+](=O)[O-])[C@@]2(c3ccccc3)NCC(=O)N(Cc3c(F)cc(F)cc3F)c3ccccc32)n1. The zero-order valence-electron chi connectivity index (χ0n) is 26.9. The average molecular weight is 696 g/mol. The molecule has 1 aliphatic heterocycles. The molecule has 262 valence electrons. The largest absolute Gasteiger partial charge is 0.460 e. The highest BCUT2D eigenvalue weighted by Gasteiger charge is 2.53. The maximum atomic E-state index is 14.9. The van der Waals surface area contributed by atoms with Gasteiger partial charge in [-0.3, -0.25) is 10.1 Å². The van der Waals surface area contributed by atoms with E-state index in [9.17, 15) is 32.9 Å². The molecule has 50 heavy (non-hydrogen) atoms. The van der Waals surface area contributed by atoms with Crippen LogP contribution in [-0.4, -0.2) is 66.0 Å². The molecule has 0 radical (unpaired) electrons. The molecule has 0 saturated heterocycles. The summed E-state index contributed by atoms with van der Waals surface area (Å²) in [6.45, 7) is 1.43. The monoisotopic (exact) mass is 695 g/mol. The predicted molar refractivity (Wildman–Crippen MR) is 170 cm³/mol. The van der Waals surface area contributed by atoms with E-state index >= 15 is 0 Å². The number of hydrogen-bond acceptors (Lipinski definition) is 11. The van der Waals surface area contributed by atoms with Gasteiger partial charge >= 0.3 is 12.0 Å². The number of carbonyl (C=O) groups is 2. The molecule has 0 saturated carbocycles. The molecule has 0 bridgehead atoms. The number of nitrogens with zero attached hydrogens (tertiary/aromatic N) is 4. The Morgan fingerprint density at radius 1 is 0.960 bits per heavy atom. The molecule has 13 nitrogen and oxygen atoms in total. The summed E-state index contributed by atoms with van der Waals surface area (Å²) in [6, 6.07) is 17.6. The van der Waals surface area contributed by atoms with Gasteiger partial charge in [-0.15, -0.1) is 10.1 Å². The Labute approximate surface area is 284 Å². The number of aromatic nitrogens is 2. The quantitative estimate of drug-likeness (QED) is 0.0877. The maximum absolute atomic E-state index is 14.9.